The van der Waals surface area contributed by atoms with Gasteiger partial charge < -0.3 is 5.32 Å². The average Bonchev–Trinajstić information content (AvgIpc) is 2.41. The zero-order valence-electron chi connectivity index (χ0n) is 10.8. The third-order valence-electron chi connectivity index (χ3n) is 3.13. The van der Waals surface area contributed by atoms with Gasteiger partial charge in [0.25, 0.3) is 0 Å². The first-order valence-electron chi connectivity index (χ1n) is 6.08. The number of halogens is 4. The lowest BCUT2D eigenvalue weighted by Crippen LogP contribution is -2.20. The van der Waals surface area contributed by atoms with E-state index in [1.165, 1.54) is 18.2 Å². The minimum Gasteiger partial charge on any atom is -0.313 e. The molecule has 106 valence electrons. The molecule has 0 fully saturated rings. The normalized spacial score (nSPS) is 12.4. The molecule has 0 saturated heterocycles. The molecule has 1 atom stereocenters. The van der Waals surface area contributed by atoms with Gasteiger partial charge in [0.1, 0.15) is 11.6 Å². The van der Waals surface area contributed by atoms with Gasteiger partial charge in [-0.2, -0.15) is 0 Å². The van der Waals surface area contributed by atoms with E-state index < -0.39 is 0 Å². The van der Waals surface area contributed by atoms with E-state index in [1.54, 1.807) is 25.2 Å². The van der Waals surface area contributed by atoms with Crippen molar-refractivity contribution in [2.24, 2.45) is 0 Å². The number of likely N-dealkylation sites (N-methyl/N-ethyl adjacent to an activating group) is 1. The van der Waals surface area contributed by atoms with Crippen LogP contribution in [0.25, 0.3) is 0 Å². The van der Waals surface area contributed by atoms with Crippen LogP contribution in [0.4, 0.5) is 8.78 Å². The standard InChI is InChI=1S/C15H13BrClF2N/c1-20-14(15-12(17)3-2-4-13(15)19)8-9-7-10(18)5-6-11(9)16/h2-7,14,20H,8H2,1H3. The number of rotatable bonds is 4. The monoisotopic (exact) mass is 359 g/mol. The van der Waals surface area contributed by atoms with Gasteiger partial charge in [-0.25, -0.2) is 8.78 Å². The Bertz CT molecular complexity index is 599. The van der Waals surface area contributed by atoms with Crippen molar-refractivity contribution in [1.29, 1.82) is 0 Å². The fraction of sp³-hybridized carbons (Fsp3) is 0.200. The van der Waals surface area contributed by atoms with E-state index in [0.29, 0.717) is 17.0 Å². The highest BCUT2D eigenvalue weighted by Crippen LogP contribution is 2.30. The summed E-state index contributed by atoms with van der Waals surface area (Å²) in [5, 5.41) is 3.39. The third-order valence-corrected chi connectivity index (χ3v) is 4.23. The number of hydrogen-bond acceptors (Lipinski definition) is 1. The molecule has 0 spiro atoms. The molecular weight excluding hydrogens is 348 g/mol. The molecule has 2 aromatic carbocycles. The van der Waals surface area contributed by atoms with Crippen molar-refractivity contribution in [3.05, 3.63) is 68.7 Å². The first kappa shape index (κ1) is 15.4. The molecular formula is C15H13BrClF2N. The highest BCUT2D eigenvalue weighted by Gasteiger charge is 2.19. The first-order valence-corrected chi connectivity index (χ1v) is 7.25. The smallest absolute Gasteiger partial charge is 0.129 e. The van der Waals surface area contributed by atoms with Gasteiger partial charge in [0.2, 0.25) is 0 Å². The van der Waals surface area contributed by atoms with Crippen LogP contribution < -0.4 is 5.32 Å². The second kappa shape index (κ2) is 6.66. The van der Waals surface area contributed by atoms with Crippen LogP contribution in [-0.2, 0) is 6.42 Å². The highest BCUT2D eigenvalue weighted by atomic mass is 79.9. The number of benzene rings is 2. The Morgan fingerprint density at radius 1 is 1.25 bits per heavy atom. The maximum absolute atomic E-state index is 14.0. The van der Waals surface area contributed by atoms with Crippen LogP contribution in [0, 0.1) is 11.6 Å². The average molecular weight is 361 g/mol. The summed E-state index contributed by atoms with van der Waals surface area (Å²) in [4.78, 5) is 0. The maximum atomic E-state index is 14.0. The van der Waals surface area contributed by atoms with Crippen LogP contribution >= 0.6 is 27.5 Å². The van der Waals surface area contributed by atoms with Crippen LogP contribution in [0.3, 0.4) is 0 Å². The molecule has 0 bridgehead atoms. The van der Waals surface area contributed by atoms with Crippen molar-refractivity contribution < 1.29 is 8.78 Å². The van der Waals surface area contributed by atoms with E-state index in [9.17, 15) is 8.78 Å². The molecule has 0 heterocycles. The molecule has 5 heteroatoms. The molecule has 0 saturated carbocycles. The summed E-state index contributed by atoms with van der Waals surface area (Å²) < 4.78 is 28.1. The Morgan fingerprint density at radius 3 is 2.65 bits per heavy atom. The fourth-order valence-electron chi connectivity index (χ4n) is 2.11. The SMILES string of the molecule is CNC(Cc1cc(F)ccc1Br)c1c(F)cccc1Cl. The predicted octanol–water partition coefficient (Wildman–Crippen LogP) is 4.88. The number of nitrogens with one attached hydrogen (secondary N) is 1. The molecule has 0 radical (unpaired) electrons. The summed E-state index contributed by atoms with van der Waals surface area (Å²) in [5.41, 5.74) is 1.15. The van der Waals surface area contributed by atoms with E-state index in [-0.39, 0.29) is 17.7 Å². The van der Waals surface area contributed by atoms with Crippen molar-refractivity contribution in [3.8, 4) is 0 Å². The third kappa shape index (κ3) is 3.37. The van der Waals surface area contributed by atoms with Crippen molar-refractivity contribution in [3.63, 3.8) is 0 Å². The highest BCUT2D eigenvalue weighted by molar-refractivity contribution is 9.10. The molecule has 1 nitrogen and oxygen atoms in total. The summed E-state index contributed by atoms with van der Waals surface area (Å²) in [6.07, 6.45) is 0.426. The van der Waals surface area contributed by atoms with E-state index in [0.717, 1.165) is 10.0 Å². The summed E-state index contributed by atoms with van der Waals surface area (Å²) in [5.74, 6) is -0.693. The minimum absolute atomic E-state index is 0.322. The number of hydrogen-bond donors (Lipinski definition) is 1. The molecule has 20 heavy (non-hydrogen) atoms. The van der Waals surface area contributed by atoms with E-state index in [4.69, 9.17) is 11.6 Å². The van der Waals surface area contributed by atoms with Crippen LogP contribution in [0.15, 0.2) is 40.9 Å². The Morgan fingerprint density at radius 2 is 2.00 bits per heavy atom. The largest absolute Gasteiger partial charge is 0.313 e. The summed E-state index contributed by atoms with van der Waals surface area (Å²) in [6.45, 7) is 0. The van der Waals surface area contributed by atoms with Gasteiger partial charge in [-0.1, -0.05) is 33.6 Å². The molecule has 2 rings (SSSR count). The van der Waals surface area contributed by atoms with Gasteiger partial charge in [0.05, 0.1) is 0 Å². The summed E-state index contributed by atoms with van der Waals surface area (Å²) in [6, 6.07) is 8.69. The zero-order chi connectivity index (χ0) is 14.7. The van der Waals surface area contributed by atoms with E-state index >= 15 is 0 Å². The molecule has 0 aliphatic heterocycles. The van der Waals surface area contributed by atoms with Crippen LogP contribution in [0.5, 0.6) is 0 Å². The molecule has 0 aromatic heterocycles. The second-order valence-corrected chi connectivity index (χ2v) is 5.68. The first-order chi connectivity index (χ1) is 9.52. The van der Waals surface area contributed by atoms with Gasteiger partial charge in [0.15, 0.2) is 0 Å². The van der Waals surface area contributed by atoms with Crippen LogP contribution in [0.1, 0.15) is 17.2 Å². The van der Waals surface area contributed by atoms with Crippen LogP contribution in [0.2, 0.25) is 5.02 Å². The van der Waals surface area contributed by atoms with Gasteiger partial charge in [-0.15, -0.1) is 0 Å². The quantitative estimate of drug-likeness (QED) is 0.819. The molecule has 2 aromatic rings. The Labute approximate surface area is 130 Å². The van der Waals surface area contributed by atoms with Crippen molar-refractivity contribution in [2.75, 3.05) is 7.05 Å². The zero-order valence-corrected chi connectivity index (χ0v) is 13.1. The lowest BCUT2D eigenvalue weighted by atomic mass is 9.98. The van der Waals surface area contributed by atoms with Gasteiger partial charge in [-0.3, -0.25) is 0 Å². The van der Waals surface area contributed by atoms with Gasteiger partial charge >= 0.3 is 0 Å². The minimum atomic E-state index is -0.371. The predicted molar refractivity (Wildman–Crippen MR) is 81.0 cm³/mol. The van der Waals surface area contributed by atoms with Crippen LogP contribution in [-0.4, -0.2) is 7.05 Å². The maximum Gasteiger partial charge on any atom is 0.129 e. The van der Waals surface area contributed by atoms with Gasteiger partial charge in [0, 0.05) is 21.1 Å². The Balaban J connectivity index is 2.36. The molecule has 1 unspecified atom stereocenters. The Kier molecular flexibility index (Phi) is 5.13. The molecule has 0 amide bonds. The fourth-order valence-corrected chi connectivity index (χ4v) is 2.81. The lowest BCUT2D eigenvalue weighted by Gasteiger charge is -2.19. The van der Waals surface area contributed by atoms with Crippen molar-refractivity contribution in [2.45, 2.75) is 12.5 Å². The topological polar surface area (TPSA) is 12.0 Å². The molecule has 0 aliphatic rings. The Hall–Kier alpha value is -0.970. The second-order valence-electron chi connectivity index (χ2n) is 4.42. The molecule has 0 aliphatic carbocycles. The summed E-state index contributed by atoms with van der Waals surface area (Å²) >= 11 is 9.45. The lowest BCUT2D eigenvalue weighted by molar-refractivity contribution is 0.532. The van der Waals surface area contributed by atoms with Gasteiger partial charge in [-0.05, 0) is 49.4 Å². The van der Waals surface area contributed by atoms with E-state index in [2.05, 4.69) is 21.2 Å². The van der Waals surface area contributed by atoms with Crippen molar-refractivity contribution in [1.82, 2.24) is 5.32 Å². The molecule has 1 N–H and O–H groups in total. The van der Waals surface area contributed by atoms with Crippen molar-refractivity contribution >= 4 is 27.5 Å². The van der Waals surface area contributed by atoms with E-state index in [1.807, 2.05) is 0 Å². The summed E-state index contributed by atoms with van der Waals surface area (Å²) in [7, 11) is 1.72.